The number of nitrogens with zero attached hydrogens (tertiary/aromatic N) is 1. The number of carboxylic acids is 1. The van der Waals surface area contributed by atoms with Gasteiger partial charge in [-0.3, -0.25) is 14.5 Å². The largest absolute Gasteiger partial charge is 0.480 e. The van der Waals surface area contributed by atoms with E-state index < -0.39 is 18.1 Å². The highest BCUT2D eigenvalue weighted by molar-refractivity contribution is 5.84. The summed E-state index contributed by atoms with van der Waals surface area (Å²) in [5, 5.41) is 12.4. The Balaban J connectivity index is 1.69. The molecule has 1 aliphatic rings. The minimum atomic E-state index is -0.866. The summed E-state index contributed by atoms with van der Waals surface area (Å²) in [5.74, 6) is -0.974. The van der Waals surface area contributed by atoms with Crippen LogP contribution in [0.25, 0.3) is 0 Å². The highest BCUT2D eigenvalue weighted by Crippen LogP contribution is 2.27. The first kappa shape index (κ1) is 17.2. The Morgan fingerprint density at radius 2 is 1.48 bits per heavy atom. The summed E-state index contributed by atoms with van der Waals surface area (Å²) >= 11 is 0. The van der Waals surface area contributed by atoms with Gasteiger partial charge in [0.15, 0.2) is 0 Å². The van der Waals surface area contributed by atoms with Gasteiger partial charge in [0.1, 0.15) is 6.04 Å². The van der Waals surface area contributed by atoms with Crippen molar-refractivity contribution in [2.24, 2.45) is 0 Å². The zero-order valence-corrected chi connectivity index (χ0v) is 14.0. The van der Waals surface area contributed by atoms with Crippen molar-refractivity contribution in [1.29, 1.82) is 0 Å². The molecule has 2 aromatic carbocycles. The molecule has 2 unspecified atom stereocenters. The first-order valence-corrected chi connectivity index (χ1v) is 8.49. The van der Waals surface area contributed by atoms with E-state index in [-0.39, 0.29) is 5.91 Å². The topological polar surface area (TPSA) is 69.6 Å². The van der Waals surface area contributed by atoms with Gasteiger partial charge >= 0.3 is 5.97 Å². The molecular weight excluding hydrogens is 316 g/mol. The number of nitrogens with one attached hydrogen (secondary N) is 1. The van der Waals surface area contributed by atoms with Crippen LogP contribution in [0.4, 0.5) is 0 Å². The van der Waals surface area contributed by atoms with Gasteiger partial charge in [-0.1, -0.05) is 60.7 Å². The smallest absolute Gasteiger partial charge is 0.320 e. The molecule has 25 heavy (non-hydrogen) atoms. The van der Waals surface area contributed by atoms with Gasteiger partial charge in [-0.25, -0.2) is 0 Å². The average molecular weight is 338 g/mol. The van der Waals surface area contributed by atoms with Crippen LogP contribution in [0.5, 0.6) is 0 Å². The zero-order valence-electron chi connectivity index (χ0n) is 14.0. The molecule has 0 spiro atoms. The van der Waals surface area contributed by atoms with Crippen LogP contribution in [0.15, 0.2) is 60.7 Å². The normalized spacial score (nSPS) is 20.3. The molecule has 130 valence electrons. The number of hydrogen-bond acceptors (Lipinski definition) is 3. The fourth-order valence-electron chi connectivity index (χ4n) is 3.33. The van der Waals surface area contributed by atoms with Crippen molar-refractivity contribution in [2.45, 2.75) is 38.0 Å². The number of carbonyl (C=O) groups excluding carboxylic acids is 1. The van der Waals surface area contributed by atoms with Crippen molar-refractivity contribution in [3.63, 3.8) is 0 Å². The molecular formula is C20H22N2O3. The molecule has 2 aromatic rings. The first-order chi connectivity index (χ1) is 12.1. The number of likely N-dealkylation sites (tertiary alicyclic amines) is 1. The number of amides is 1. The van der Waals surface area contributed by atoms with Crippen LogP contribution in [0, 0.1) is 0 Å². The Morgan fingerprint density at radius 3 is 2.08 bits per heavy atom. The Labute approximate surface area is 147 Å². The summed E-state index contributed by atoms with van der Waals surface area (Å²) in [6.07, 6.45) is 1.05. The lowest BCUT2D eigenvalue weighted by atomic mass is 10.1. The van der Waals surface area contributed by atoms with Gasteiger partial charge in [0.25, 0.3) is 0 Å². The third-order valence-corrected chi connectivity index (χ3v) is 4.62. The molecule has 1 heterocycles. The molecule has 1 fully saturated rings. The fraction of sp³-hybridized carbons (Fsp3) is 0.300. The van der Waals surface area contributed by atoms with E-state index in [2.05, 4.69) is 5.32 Å². The van der Waals surface area contributed by atoms with E-state index in [1.54, 1.807) is 4.90 Å². The van der Waals surface area contributed by atoms with E-state index in [4.69, 9.17) is 0 Å². The summed E-state index contributed by atoms with van der Waals surface area (Å²) in [7, 11) is 0. The summed E-state index contributed by atoms with van der Waals surface area (Å²) < 4.78 is 0. The van der Waals surface area contributed by atoms with Crippen LogP contribution >= 0.6 is 0 Å². The van der Waals surface area contributed by atoms with Gasteiger partial charge in [-0.2, -0.15) is 0 Å². The Bertz CT molecular complexity index is 718. The van der Waals surface area contributed by atoms with Crippen LogP contribution in [0.3, 0.4) is 0 Å². The number of benzene rings is 2. The van der Waals surface area contributed by atoms with Crippen LogP contribution in [-0.2, 0) is 22.7 Å². The Kier molecular flexibility index (Phi) is 5.46. The Hall–Kier alpha value is -2.66. The SMILES string of the molecule is O=C(O)C1CCC(C(=O)NCc2ccccc2)N1Cc1ccccc1. The van der Waals surface area contributed by atoms with Crippen molar-refractivity contribution < 1.29 is 14.7 Å². The van der Waals surface area contributed by atoms with Gasteiger partial charge in [-0.05, 0) is 24.0 Å². The fourth-order valence-corrected chi connectivity index (χ4v) is 3.33. The third-order valence-electron chi connectivity index (χ3n) is 4.62. The highest BCUT2D eigenvalue weighted by Gasteiger charge is 2.41. The van der Waals surface area contributed by atoms with Crippen molar-refractivity contribution in [3.8, 4) is 0 Å². The molecule has 0 aliphatic carbocycles. The second-order valence-corrected chi connectivity index (χ2v) is 6.31. The molecule has 5 heteroatoms. The van der Waals surface area contributed by atoms with Crippen LogP contribution in [0.2, 0.25) is 0 Å². The molecule has 0 bridgehead atoms. The quantitative estimate of drug-likeness (QED) is 0.849. The standard InChI is InChI=1S/C20H22N2O3/c23-19(21-13-15-7-3-1-4-8-15)17-11-12-18(20(24)25)22(17)14-16-9-5-2-6-10-16/h1-10,17-18H,11-14H2,(H,21,23)(H,24,25). The number of carboxylic acid groups (broad SMARTS) is 1. The molecule has 1 amide bonds. The highest BCUT2D eigenvalue weighted by atomic mass is 16.4. The summed E-state index contributed by atoms with van der Waals surface area (Å²) in [5.41, 5.74) is 2.04. The van der Waals surface area contributed by atoms with Gasteiger partial charge in [0.05, 0.1) is 6.04 Å². The van der Waals surface area contributed by atoms with E-state index in [1.807, 2.05) is 60.7 Å². The lowest BCUT2D eigenvalue weighted by Gasteiger charge is -2.27. The lowest BCUT2D eigenvalue weighted by molar-refractivity contribution is -0.143. The number of rotatable bonds is 6. The second kappa shape index (κ2) is 7.94. The minimum Gasteiger partial charge on any atom is -0.480 e. The van der Waals surface area contributed by atoms with Gasteiger partial charge in [0, 0.05) is 13.1 Å². The predicted molar refractivity (Wildman–Crippen MR) is 94.7 cm³/mol. The Morgan fingerprint density at radius 1 is 0.920 bits per heavy atom. The lowest BCUT2D eigenvalue weighted by Crippen LogP contribution is -2.47. The number of hydrogen-bond donors (Lipinski definition) is 2. The maximum Gasteiger partial charge on any atom is 0.320 e. The molecule has 2 atom stereocenters. The zero-order chi connectivity index (χ0) is 17.6. The summed E-state index contributed by atoms with van der Waals surface area (Å²) in [6, 6.07) is 18.3. The van der Waals surface area contributed by atoms with E-state index in [9.17, 15) is 14.7 Å². The van der Waals surface area contributed by atoms with Gasteiger partial charge < -0.3 is 10.4 Å². The van der Waals surface area contributed by atoms with Crippen molar-refractivity contribution in [1.82, 2.24) is 10.2 Å². The molecule has 0 aromatic heterocycles. The third kappa shape index (κ3) is 4.25. The van der Waals surface area contributed by atoms with Crippen molar-refractivity contribution >= 4 is 11.9 Å². The second-order valence-electron chi connectivity index (χ2n) is 6.31. The minimum absolute atomic E-state index is 0.108. The maximum atomic E-state index is 12.6. The van der Waals surface area contributed by atoms with E-state index in [0.717, 1.165) is 11.1 Å². The predicted octanol–water partition coefficient (Wildman–Crippen LogP) is 2.42. The molecule has 5 nitrogen and oxygen atoms in total. The monoisotopic (exact) mass is 338 g/mol. The molecule has 2 N–H and O–H groups in total. The molecule has 1 aliphatic heterocycles. The maximum absolute atomic E-state index is 12.6. The van der Waals surface area contributed by atoms with Crippen molar-refractivity contribution in [2.75, 3.05) is 0 Å². The van der Waals surface area contributed by atoms with Crippen LogP contribution < -0.4 is 5.32 Å². The average Bonchev–Trinajstić information content (AvgIpc) is 3.05. The van der Waals surface area contributed by atoms with E-state index >= 15 is 0 Å². The summed E-state index contributed by atoms with van der Waals surface area (Å²) in [4.78, 5) is 26.0. The number of carbonyl (C=O) groups is 2. The molecule has 0 radical (unpaired) electrons. The van der Waals surface area contributed by atoms with E-state index in [1.165, 1.54) is 0 Å². The number of aliphatic carboxylic acids is 1. The van der Waals surface area contributed by atoms with Gasteiger partial charge in [0.2, 0.25) is 5.91 Å². The molecule has 3 rings (SSSR count). The van der Waals surface area contributed by atoms with E-state index in [0.29, 0.717) is 25.9 Å². The van der Waals surface area contributed by atoms with Crippen LogP contribution in [-0.4, -0.2) is 34.0 Å². The van der Waals surface area contributed by atoms with Crippen molar-refractivity contribution in [3.05, 3.63) is 71.8 Å². The van der Waals surface area contributed by atoms with Gasteiger partial charge in [-0.15, -0.1) is 0 Å². The molecule has 1 saturated heterocycles. The molecule has 0 saturated carbocycles. The van der Waals surface area contributed by atoms with Crippen LogP contribution in [0.1, 0.15) is 24.0 Å². The summed E-state index contributed by atoms with van der Waals surface area (Å²) in [6.45, 7) is 0.911. The first-order valence-electron chi connectivity index (χ1n) is 8.49.